The SMILES string of the molecule is CC(=O)Nc1ccc(S(=O)(=O)Nc2nc(C)c(Cc3ccccc3)c(=O)[nH]2)cc1. The monoisotopic (exact) mass is 412 g/mol. The van der Waals surface area contributed by atoms with Gasteiger partial charge >= 0.3 is 0 Å². The lowest BCUT2D eigenvalue weighted by Gasteiger charge is -2.10. The standard InChI is InChI=1S/C20H20N4O4S/c1-13-18(12-15-6-4-3-5-7-15)19(26)23-20(21-13)24-29(27,28)17-10-8-16(9-11-17)22-14(2)25/h3-11H,12H2,1-2H3,(H,22,25)(H2,21,23,24,26). The smallest absolute Gasteiger partial charge is 0.264 e. The predicted molar refractivity (Wildman–Crippen MR) is 110 cm³/mol. The highest BCUT2D eigenvalue weighted by molar-refractivity contribution is 7.92. The molecule has 29 heavy (non-hydrogen) atoms. The fourth-order valence-electron chi connectivity index (χ4n) is 2.77. The molecule has 0 saturated carbocycles. The number of amides is 1. The summed E-state index contributed by atoms with van der Waals surface area (Å²) in [5.74, 6) is -0.415. The Labute approximate surface area is 168 Å². The van der Waals surface area contributed by atoms with Gasteiger partial charge in [0.15, 0.2) is 0 Å². The quantitative estimate of drug-likeness (QED) is 0.574. The van der Waals surface area contributed by atoms with Gasteiger partial charge in [0.2, 0.25) is 11.9 Å². The van der Waals surface area contributed by atoms with Crippen LogP contribution in [-0.4, -0.2) is 24.3 Å². The first-order valence-corrected chi connectivity index (χ1v) is 10.3. The number of anilines is 2. The van der Waals surface area contributed by atoms with Crippen molar-refractivity contribution in [1.29, 1.82) is 0 Å². The van der Waals surface area contributed by atoms with Crippen molar-refractivity contribution in [2.45, 2.75) is 25.2 Å². The van der Waals surface area contributed by atoms with Gasteiger partial charge in [0, 0.05) is 24.6 Å². The van der Waals surface area contributed by atoms with Crippen LogP contribution in [0.5, 0.6) is 0 Å². The summed E-state index contributed by atoms with van der Waals surface area (Å²) in [5.41, 5.74) is 1.94. The number of hydrogen-bond donors (Lipinski definition) is 3. The zero-order valence-corrected chi connectivity index (χ0v) is 16.7. The number of carbonyl (C=O) groups excluding carboxylic acids is 1. The normalized spacial score (nSPS) is 11.1. The third kappa shape index (κ3) is 5.08. The summed E-state index contributed by atoms with van der Waals surface area (Å²) in [6.07, 6.45) is 0.395. The van der Waals surface area contributed by atoms with Gasteiger partial charge in [-0.05, 0) is 36.8 Å². The van der Waals surface area contributed by atoms with E-state index in [1.54, 1.807) is 6.92 Å². The molecule has 0 bridgehead atoms. The van der Waals surface area contributed by atoms with Crippen LogP contribution in [0, 0.1) is 6.92 Å². The number of carbonyl (C=O) groups is 1. The third-order valence-corrected chi connectivity index (χ3v) is 5.52. The number of aryl methyl sites for hydroxylation is 1. The van der Waals surface area contributed by atoms with Gasteiger partial charge in [0.05, 0.1) is 10.6 Å². The number of sulfonamides is 1. The minimum absolute atomic E-state index is 0.0275. The lowest BCUT2D eigenvalue weighted by Crippen LogP contribution is -2.22. The topological polar surface area (TPSA) is 121 Å². The van der Waals surface area contributed by atoms with Crippen molar-refractivity contribution < 1.29 is 13.2 Å². The van der Waals surface area contributed by atoms with E-state index in [0.29, 0.717) is 23.4 Å². The lowest BCUT2D eigenvalue weighted by molar-refractivity contribution is -0.114. The fourth-order valence-corrected chi connectivity index (χ4v) is 3.74. The minimum Gasteiger partial charge on any atom is -0.326 e. The molecule has 0 atom stereocenters. The molecule has 150 valence electrons. The Morgan fingerprint density at radius 3 is 2.31 bits per heavy atom. The number of nitrogens with one attached hydrogen (secondary N) is 3. The van der Waals surface area contributed by atoms with Crippen molar-refractivity contribution in [3.8, 4) is 0 Å². The number of benzene rings is 2. The van der Waals surface area contributed by atoms with E-state index in [-0.39, 0.29) is 16.8 Å². The third-order valence-electron chi connectivity index (χ3n) is 4.16. The number of aromatic nitrogens is 2. The molecular formula is C20H20N4O4S. The van der Waals surface area contributed by atoms with Crippen LogP contribution in [-0.2, 0) is 21.2 Å². The largest absolute Gasteiger partial charge is 0.326 e. The van der Waals surface area contributed by atoms with E-state index in [2.05, 4.69) is 20.0 Å². The fraction of sp³-hybridized carbons (Fsp3) is 0.150. The second-order valence-corrected chi connectivity index (χ2v) is 8.13. The van der Waals surface area contributed by atoms with E-state index >= 15 is 0 Å². The van der Waals surface area contributed by atoms with Gasteiger partial charge in [-0.2, -0.15) is 0 Å². The number of aromatic amines is 1. The van der Waals surface area contributed by atoms with E-state index in [9.17, 15) is 18.0 Å². The van der Waals surface area contributed by atoms with Crippen molar-refractivity contribution in [3.63, 3.8) is 0 Å². The van der Waals surface area contributed by atoms with E-state index in [1.165, 1.54) is 31.2 Å². The second-order valence-electron chi connectivity index (χ2n) is 6.45. The summed E-state index contributed by atoms with van der Waals surface area (Å²) in [5, 5.41) is 2.56. The van der Waals surface area contributed by atoms with Crippen molar-refractivity contribution in [3.05, 3.63) is 81.8 Å². The summed E-state index contributed by atoms with van der Waals surface area (Å²) in [6.45, 7) is 3.02. The highest BCUT2D eigenvalue weighted by atomic mass is 32.2. The van der Waals surface area contributed by atoms with Crippen molar-refractivity contribution >= 4 is 27.6 Å². The maximum atomic E-state index is 12.6. The Hall–Kier alpha value is -3.46. The van der Waals surface area contributed by atoms with Gasteiger partial charge in [-0.1, -0.05) is 30.3 Å². The van der Waals surface area contributed by atoms with Crippen LogP contribution in [0.4, 0.5) is 11.6 Å². The summed E-state index contributed by atoms with van der Waals surface area (Å²) in [7, 11) is -3.96. The highest BCUT2D eigenvalue weighted by Crippen LogP contribution is 2.17. The summed E-state index contributed by atoms with van der Waals surface area (Å²) in [6, 6.07) is 15.1. The molecule has 0 aliphatic rings. The van der Waals surface area contributed by atoms with E-state index in [4.69, 9.17) is 0 Å². The summed E-state index contributed by atoms with van der Waals surface area (Å²) >= 11 is 0. The molecule has 3 aromatic rings. The average molecular weight is 412 g/mol. The Bertz CT molecular complexity index is 1190. The summed E-state index contributed by atoms with van der Waals surface area (Å²) in [4.78, 5) is 30.2. The average Bonchev–Trinajstić information content (AvgIpc) is 2.65. The molecule has 2 aromatic carbocycles. The molecule has 1 aromatic heterocycles. The molecule has 0 radical (unpaired) electrons. The lowest BCUT2D eigenvalue weighted by atomic mass is 10.1. The molecule has 1 amide bonds. The van der Waals surface area contributed by atoms with Crippen molar-refractivity contribution in [2.75, 3.05) is 10.0 Å². The molecule has 0 saturated heterocycles. The maximum Gasteiger partial charge on any atom is 0.264 e. The van der Waals surface area contributed by atoms with E-state index in [0.717, 1.165) is 5.56 Å². The first-order valence-electron chi connectivity index (χ1n) is 8.79. The molecule has 0 unspecified atom stereocenters. The number of hydrogen-bond acceptors (Lipinski definition) is 5. The molecule has 0 aliphatic heterocycles. The molecule has 0 spiro atoms. The first kappa shape index (κ1) is 20.3. The minimum atomic E-state index is -3.96. The van der Waals surface area contributed by atoms with Gasteiger partial charge in [-0.3, -0.25) is 14.6 Å². The van der Waals surface area contributed by atoms with Crippen LogP contribution in [0.2, 0.25) is 0 Å². The van der Waals surface area contributed by atoms with Crippen LogP contribution in [0.3, 0.4) is 0 Å². The first-order chi connectivity index (χ1) is 13.7. The molecule has 8 nitrogen and oxygen atoms in total. The molecule has 0 fully saturated rings. The van der Waals surface area contributed by atoms with Crippen LogP contribution in [0.1, 0.15) is 23.7 Å². The predicted octanol–water partition coefficient (Wildman–Crippen LogP) is 2.43. The molecular weight excluding hydrogens is 392 g/mol. The Morgan fingerprint density at radius 1 is 1.07 bits per heavy atom. The summed E-state index contributed by atoms with van der Waals surface area (Å²) < 4.78 is 27.4. The van der Waals surface area contributed by atoms with Crippen LogP contribution in [0.15, 0.2) is 64.3 Å². The molecule has 0 aliphatic carbocycles. The number of H-pyrrole nitrogens is 1. The van der Waals surface area contributed by atoms with Gasteiger partial charge in [0.25, 0.3) is 15.6 Å². The van der Waals surface area contributed by atoms with E-state index < -0.39 is 15.6 Å². The zero-order valence-electron chi connectivity index (χ0n) is 15.9. The Kier molecular flexibility index (Phi) is 5.79. The van der Waals surface area contributed by atoms with Gasteiger partial charge in [-0.25, -0.2) is 18.1 Å². The molecule has 1 heterocycles. The molecule has 3 rings (SSSR count). The Morgan fingerprint density at radius 2 is 1.72 bits per heavy atom. The Balaban J connectivity index is 1.82. The maximum absolute atomic E-state index is 12.6. The van der Waals surface area contributed by atoms with Gasteiger partial charge in [-0.15, -0.1) is 0 Å². The van der Waals surface area contributed by atoms with Crippen LogP contribution in [0.25, 0.3) is 0 Å². The van der Waals surface area contributed by atoms with Crippen molar-refractivity contribution in [1.82, 2.24) is 9.97 Å². The van der Waals surface area contributed by atoms with Crippen LogP contribution < -0.4 is 15.6 Å². The molecule has 3 N–H and O–H groups in total. The second kappa shape index (κ2) is 8.27. The van der Waals surface area contributed by atoms with Gasteiger partial charge in [0.1, 0.15) is 0 Å². The highest BCUT2D eigenvalue weighted by Gasteiger charge is 2.17. The zero-order chi connectivity index (χ0) is 21.0. The van der Waals surface area contributed by atoms with E-state index in [1.807, 2.05) is 30.3 Å². The number of nitrogens with zero attached hydrogens (tertiary/aromatic N) is 1. The van der Waals surface area contributed by atoms with Gasteiger partial charge < -0.3 is 5.32 Å². The molecule has 9 heteroatoms. The van der Waals surface area contributed by atoms with Crippen LogP contribution >= 0.6 is 0 Å². The van der Waals surface area contributed by atoms with Crippen molar-refractivity contribution in [2.24, 2.45) is 0 Å². The number of rotatable bonds is 6.